The van der Waals surface area contributed by atoms with Crippen LogP contribution in [-0.4, -0.2) is 118 Å². The number of fused-ring (bicyclic) bond motifs is 4. The molecular formula is C40H46N4O8S. The Kier molecular flexibility index (Phi) is 12.9. The van der Waals surface area contributed by atoms with Gasteiger partial charge in [0.15, 0.2) is 23.1 Å². The van der Waals surface area contributed by atoms with Gasteiger partial charge in [-0.05, 0) is 12.1 Å². The second-order valence-electron chi connectivity index (χ2n) is 14.9. The number of anilines is 2. The lowest BCUT2D eigenvalue weighted by atomic mass is 9.83. The zero-order valence-corrected chi connectivity index (χ0v) is 31.7. The van der Waals surface area contributed by atoms with E-state index >= 15 is 0 Å². The summed E-state index contributed by atoms with van der Waals surface area (Å²) in [6.07, 6.45) is 1.98. The predicted molar refractivity (Wildman–Crippen MR) is 202 cm³/mol. The van der Waals surface area contributed by atoms with E-state index in [0.29, 0.717) is 44.5 Å². The highest BCUT2D eigenvalue weighted by Gasteiger charge is 2.32. The molecule has 0 saturated carbocycles. The van der Waals surface area contributed by atoms with Crippen LogP contribution in [0.15, 0.2) is 84.9 Å². The molecule has 2 N–H and O–H groups in total. The molecule has 0 aliphatic heterocycles. The van der Waals surface area contributed by atoms with E-state index in [0.717, 1.165) is 59.4 Å². The van der Waals surface area contributed by atoms with Gasteiger partial charge in [-0.1, -0.05) is 72.8 Å². The zero-order valence-electron chi connectivity index (χ0n) is 30.9. The fourth-order valence-corrected chi connectivity index (χ4v) is 6.14. The average molecular weight is 743 g/mol. The largest absolute Gasteiger partial charge is 0.759 e. The number of hydrogen-bond acceptors (Lipinski definition) is 10. The van der Waals surface area contributed by atoms with Crippen molar-refractivity contribution in [2.24, 2.45) is 0 Å². The van der Waals surface area contributed by atoms with Crippen molar-refractivity contribution in [3.63, 3.8) is 0 Å². The maximum Gasteiger partial charge on any atom is 0.196 e. The van der Waals surface area contributed by atoms with Crippen molar-refractivity contribution in [3.8, 4) is 0 Å². The van der Waals surface area contributed by atoms with Crippen LogP contribution in [-0.2, 0) is 10.4 Å². The molecule has 6 rings (SSSR count). The van der Waals surface area contributed by atoms with Crippen LogP contribution in [0.5, 0.6) is 0 Å². The first-order valence-corrected chi connectivity index (χ1v) is 18.5. The molecule has 0 amide bonds. The van der Waals surface area contributed by atoms with Crippen molar-refractivity contribution in [2.45, 2.75) is 12.8 Å². The third-order valence-electron chi connectivity index (χ3n) is 8.55. The van der Waals surface area contributed by atoms with E-state index in [1.54, 1.807) is 60.7 Å². The summed E-state index contributed by atoms with van der Waals surface area (Å²) < 4.78 is 35.9. The second kappa shape index (κ2) is 16.7. The SMILES string of the molecule is C[N+](C)(C)CCCNc1cccc2c1C(=O)c1ccccc1C2=O.C[N+](C)(C)CCCNc1cccc2c1C(=O)c1ccccc1C2=O.O=S(=O)([O-])[O-]. The van der Waals surface area contributed by atoms with E-state index in [9.17, 15) is 19.2 Å². The lowest BCUT2D eigenvalue weighted by Gasteiger charge is -2.24. The molecule has 0 radical (unpaired) electrons. The highest BCUT2D eigenvalue weighted by Crippen LogP contribution is 2.33. The van der Waals surface area contributed by atoms with E-state index in [1.807, 2.05) is 24.3 Å². The Morgan fingerprint density at radius 3 is 1.06 bits per heavy atom. The first-order valence-electron chi connectivity index (χ1n) is 17.1. The molecule has 0 spiro atoms. The van der Waals surface area contributed by atoms with Gasteiger partial charge in [-0.25, -0.2) is 0 Å². The third kappa shape index (κ3) is 11.0. The molecule has 2 aliphatic carbocycles. The Labute approximate surface area is 311 Å². The lowest BCUT2D eigenvalue weighted by Crippen LogP contribution is -2.36. The molecule has 0 bridgehead atoms. The number of benzene rings is 4. The summed E-state index contributed by atoms with van der Waals surface area (Å²) >= 11 is 0. The molecule has 0 heterocycles. The fourth-order valence-electron chi connectivity index (χ4n) is 6.14. The Bertz CT molecular complexity index is 1990. The number of hydrogen-bond donors (Lipinski definition) is 2. The van der Waals surface area contributed by atoms with E-state index in [4.69, 9.17) is 17.5 Å². The fraction of sp³-hybridized carbons (Fsp3) is 0.300. The van der Waals surface area contributed by atoms with E-state index in [-0.39, 0.29) is 23.1 Å². The van der Waals surface area contributed by atoms with Crippen molar-refractivity contribution in [3.05, 3.63) is 129 Å². The van der Waals surface area contributed by atoms with Crippen molar-refractivity contribution in [1.82, 2.24) is 0 Å². The molecular weight excluding hydrogens is 697 g/mol. The van der Waals surface area contributed by atoms with Gasteiger partial charge >= 0.3 is 0 Å². The Balaban J connectivity index is 0.000000210. The van der Waals surface area contributed by atoms with E-state index in [2.05, 4.69) is 52.9 Å². The Morgan fingerprint density at radius 2 is 0.755 bits per heavy atom. The van der Waals surface area contributed by atoms with Gasteiger partial charge in [-0.2, -0.15) is 0 Å². The van der Waals surface area contributed by atoms with Gasteiger partial charge in [0.2, 0.25) is 0 Å². The summed E-state index contributed by atoms with van der Waals surface area (Å²) in [6.45, 7) is 3.62. The number of carbonyl (C=O) groups excluding carboxylic acids is 4. The monoisotopic (exact) mass is 742 g/mol. The predicted octanol–water partition coefficient (Wildman–Crippen LogP) is 4.60. The molecule has 0 unspecified atom stereocenters. The van der Waals surface area contributed by atoms with Crippen LogP contribution in [0.3, 0.4) is 0 Å². The molecule has 12 nitrogen and oxygen atoms in total. The van der Waals surface area contributed by atoms with Crippen LogP contribution in [0.2, 0.25) is 0 Å². The molecule has 0 aromatic heterocycles. The minimum absolute atomic E-state index is 0.0739. The highest BCUT2D eigenvalue weighted by molar-refractivity contribution is 7.79. The number of quaternary nitrogens is 2. The first-order chi connectivity index (χ1) is 24.8. The lowest BCUT2D eigenvalue weighted by molar-refractivity contribution is -0.870. The van der Waals surface area contributed by atoms with Crippen molar-refractivity contribution in [1.29, 1.82) is 0 Å². The molecule has 0 atom stereocenters. The van der Waals surface area contributed by atoms with Gasteiger partial charge < -0.3 is 28.7 Å². The number of carbonyl (C=O) groups is 4. The van der Waals surface area contributed by atoms with Crippen LogP contribution in [0.25, 0.3) is 0 Å². The molecule has 2 aliphatic rings. The molecule has 4 aromatic rings. The van der Waals surface area contributed by atoms with Crippen LogP contribution in [0.4, 0.5) is 11.4 Å². The maximum absolute atomic E-state index is 12.9. The number of nitrogens with one attached hydrogen (secondary N) is 2. The van der Waals surface area contributed by atoms with Gasteiger partial charge in [0.1, 0.15) is 0 Å². The van der Waals surface area contributed by atoms with Crippen LogP contribution in [0, 0.1) is 0 Å². The summed E-state index contributed by atoms with van der Waals surface area (Å²) in [4.78, 5) is 51.1. The summed E-state index contributed by atoms with van der Waals surface area (Å²) in [5.41, 5.74) is 5.49. The molecule has 280 valence electrons. The quantitative estimate of drug-likeness (QED) is 0.0875. The summed E-state index contributed by atoms with van der Waals surface area (Å²) in [7, 11) is 7.77. The van der Waals surface area contributed by atoms with Gasteiger partial charge in [0.05, 0.1) is 66.5 Å². The molecule has 0 saturated heterocycles. The van der Waals surface area contributed by atoms with E-state index < -0.39 is 10.4 Å². The summed E-state index contributed by atoms with van der Waals surface area (Å²) in [5.74, 6) is -0.296. The van der Waals surface area contributed by atoms with Crippen LogP contribution in [0.1, 0.15) is 76.5 Å². The van der Waals surface area contributed by atoms with E-state index in [1.165, 1.54) is 0 Å². The Morgan fingerprint density at radius 1 is 0.472 bits per heavy atom. The topological polar surface area (TPSA) is 173 Å². The molecule has 0 fully saturated rings. The smallest absolute Gasteiger partial charge is 0.196 e. The molecule has 53 heavy (non-hydrogen) atoms. The van der Waals surface area contributed by atoms with Gasteiger partial charge in [-0.15, -0.1) is 0 Å². The zero-order chi connectivity index (χ0) is 39.1. The molecule has 13 heteroatoms. The summed E-state index contributed by atoms with van der Waals surface area (Å²) in [6, 6.07) is 25.0. The second-order valence-corrected chi connectivity index (χ2v) is 15.7. The first kappa shape index (κ1) is 40.7. The number of rotatable bonds is 10. The Hall–Kier alpha value is -5.05. The number of nitrogens with zero attached hydrogens (tertiary/aromatic N) is 2. The van der Waals surface area contributed by atoms with Crippen LogP contribution >= 0.6 is 0 Å². The third-order valence-corrected chi connectivity index (χ3v) is 8.55. The normalized spacial score (nSPS) is 13.3. The standard InChI is InChI=1S/2C20H22N2O2.H2O4S/c2*1-22(2,3)13-7-12-21-17-11-6-10-16-18(17)20(24)15-9-5-4-8-14(15)19(16)23;1-5(2,3)4/h2*4-6,8-11H,7,12-13H2,1-3H3;(H2,1,2,3,4). The maximum atomic E-state index is 12.9. The number of ketones is 4. The van der Waals surface area contributed by atoms with Gasteiger partial charge in [0, 0.05) is 81.1 Å². The van der Waals surface area contributed by atoms with Crippen LogP contribution < -0.4 is 10.6 Å². The van der Waals surface area contributed by atoms with Gasteiger partial charge in [-0.3, -0.25) is 27.6 Å². The van der Waals surface area contributed by atoms with Crippen molar-refractivity contribution < 1.29 is 45.7 Å². The van der Waals surface area contributed by atoms with Gasteiger partial charge in [0.25, 0.3) is 0 Å². The highest BCUT2D eigenvalue weighted by atomic mass is 32.3. The average Bonchev–Trinajstić information content (AvgIpc) is 3.08. The van der Waals surface area contributed by atoms with Crippen molar-refractivity contribution in [2.75, 3.05) is 79.1 Å². The minimum Gasteiger partial charge on any atom is -0.759 e. The summed E-state index contributed by atoms with van der Waals surface area (Å²) in [5, 5.41) is 6.69. The minimum atomic E-state index is -5.17. The molecule has 4 aromatic carbocycles. The van der Waals surface area contributed by atoms with Crippen molar-refractivity contribution >= 4 is 44.9 Å².